The smallest absolute Gasteiger partial charge is 0.336 e. The summed E-state index contributed by atoms with van der Waals surface area (Å²) in [5.74, 6) is 0.0989. The van der Waals surface area contributed by atoms with E-state index in [2.05, 4.69) is 77.8 Å². The van der Waals surface area contributed by atoms with Gasteiger partial charge in [-0.1, -0.05) is 66.7 Å². The van der Waals surface area contributed by atoms with Crippen LogP contribution in [-0.2, 0) is 9.53 Å². The Kier molecular flexibility index (Phi) is 6.28. The molecule has 0 bridgehead atoms. The van der Waals surface area contributed by atoms with Gasteiger partial charge in [0.2, 0.25) is 0 Å². The molecule has 0 radical (unpaired) electrons. The standard InChI is InChI=1S/C27H32N2O2/c1-20-14-15-24(21(2)28-20)26(30)31-27(3)16-17-29(19-27)18-25(22-10-6-4-7-11-22)23-12-8-5-9-13-23/h4-14,25,28H,15-19H2,1-3H3/t27-/m1/s1. The molecule has 2 aromatic rings. The van der Waals surface area contributed by atoms with Crippen LogP contribution in [0.5, 0.6) is 0 Å². The number of ether oxygens (including phenoxy) is 1. The van der Waals surface area contributed by atoms with E-state index in [0.717, 1.165) is 43.0 Å². The highest BCUT2D eigenvalue weighted by Crippen LogP contribution is 2.32. The molecule has 0 aliphatic carbocycles. The summed E-state index contributed by atoms with van der Waals surface area (Å²) in [4.78, 5) is 15.3. The maximum Gasteiger partial charge on any atom is 0.336 e. The third-order valence-corrected chi connectivity index (χ3v) is 6.39. The van der Waals surface area contributed by atoms with E-state index >= 15 is 0 Å². The summed E-state index contributed by atoms with van der Waals surface area (Å²) in [5, 5.41) is 3.25. The maximum absolute atomic E-state index is 12.9. The minimum atomic E-state index is -0.460. The molecule has 0 saturated carbocycles. The van der Waals surface area contributed by atoms with Gasteiger partial charge in [0.25, 0.3) is 0 Å². The number of allylic oxidation sites excluding steroid dienone is 3. The quantitative estimate of drug-likeness (QED) is 0.673. The monoisotopic (exact) mass is 416 g/mol. The highest BCUT2D eigenvalue weighted by molar-refractivity contribution is 5.90. The molecule has 0 aromatic heterocycles. The number of hydrogen-bond donors (Lipinski definition) is 1. The fourth-order valence-electron chi connectivity index (χ4n) is 4.65. The average molecular weight is 417 g/mol. The number of likely N-dealkylation sites (tertiary alicyclic amines) is 1. The van der Waals surface area contributed by atoms with E-state index < -0.39 is 5.60 Å². The number of dihydropyridines is 1. The predicted octanol–water partition coefficient (Wildman–Crippen LogP) is 5.00. The number of carbonyl (C=O) groups excluding carboxylic acids is 1. The molecule has 4 nitrogen and oxygen atoms in total. The molecule has 2 aliphatic rings. The number of hydrogen-bond acceptors (Lipinski definition) is 4. The third kappa shape index (κ3) is 5.08. The van der Waals surface area contributed by atoms with E-state index in [1.807, 2.05) is 19.9 Å². The molecule has 4 rings (SSSR count). The van der Waals surface area contributed by atoms with Crippen molar-refractivity contribution in [1.29, 1.82) is 0 Å². The Morgan fingerprint density at radius 3 is 2.26 bits per heavy atom. The molecule has 1 N–H and O–H groups in total. The molecular formula is C27H32N2O2. The number of esters is 1. The van der Waals surface area contributed by atoms with E-state index in [1.165, 1.54) is 11.1 Å². The molecular weight excluding hydrogens is 384 g/mol. The van der Waals surface area contributed by atoms with Gasteiger partial charge in [-0.15, -0.1) is 0 Å². The molecule has 2 heterocycles. The zero-order chi connectivity index (χ0) is 21.8. The predicted molar refractivity (Wildman–Crippen MR) is 124 cm³/mol. The number of nitrogens with zero attached hydrogens (tertiary/aromatic N) is 1. The van der Waals surface area contributed by atoms with Crippen LogP contribution in [0.2, 0.25) is 0 Å². The highest BCUT2D eigenvalue weighted by atomic mass is 16.6. The third-order valence-electron chi connectivity index (χ3n) is 6.39. The Bertz CT molecular complexity index is 941. The fourth-order valence-corrected chi connectivity index (χ4v) is 4.65. The van der Waals surface area contributed by atoms with Crippen molar-refractivity contribution < 1.29 is 9.53 Å². The van der Waals surface area contributed by atoms with Crippen molar-refractivity contribution in [1.82, 2.24) is 10.2 Å². The largest absolute Gasteiger partial charge is 0.455 e. The normalized spacial score (nSPS) is 21.7. The molecule has 0 spiro atoms. The first-order valence-corrected chi connectivity index (χ1v) is 11.1. The van der Waals surface area contributed by atoms with Crippen LogP contribution in [0.25, 0.3) is 0 Å². The molecule has 0 amide bonds. The Morgan fingerprint density at radius 1 is 1.06 bits per heavy atom. The van der Waals surface area contributed by atoms with E-state index in [9.17, 15) is 4.79 Å². The van der Waals surface area contributed by atoms with Crippen molar-refractivity contribution >= 4 is 5.97 Å². The Balaban J connectivity index is 1.45. The summed E-state index contributed by atoms with van der Waals surface area (Å²) in [5.41, 5.74) is 4.89. The molecule has 4 heteroatoms. The number of benzene rings is 2. The van der Waals surface area contributed by atoms with Crippen LogP contribution >= 0.6 is 0 Å². The first kappa shape index (κ1) is 21.4. The number of rotatable bonds is 6. The molecule has 0 unspecified atom stereocenters. The Hall–Kier alpha value is -2.85. The molecule has 2 aromatic carbocycles. The second-order valence-corrected chi connectivity index (χ2v) is 9.02. The van der Waals surface area contributed by atoms with Gasteiger partial charge in [0, 0.05) is 49.8 Å². The fraction of sp³-hybridized carbons (Fsp3) is 0.370. The SMILES string of the molecule is CC1=CCC(C(=O)O[C@]2(C)CCN(CC(c3ccccc3)c3ccccc3)C2)=C(C)N1. The maximum atomic E-state index is 12.9. The van der Waals surface area contributed by atoms with Crippen LogP contribution < -0.4 is 5.32 Å². The van der Waals surface area contributed by atoms with Gasteiger partial charge in [0.15, 0.2) is 0 Å². The van der Waals surface area contributed by atoms with Gasteiger partial charge in [0.05, 0.1) is 5.57 Å². The van der Waals surface area contributed by atoms with Gasteiger partial charge >= 0.3 is 5.97 Å². The van der Waals surface area contributed by atoms with Crippen molar-refractivity contribution in [2.24, 2.45) is 0 Å². The molecule has 1 saturated heterocycles. The zero-order valence-corrected chi connectivity index (χ0v) is 18.7. The summed E-state index contributed by atoms with van der Waals surface area (Å²) in [6.45, 7) is 8.61. The molecule has 2 aliphatic heterocycles. The first-order valence-electron chi connectivity index (χ1n) is 11.1. The van der Waals surface area contributed by atoms with Crippen molar-refractivity contribution in [3.63, 3.8) is 0 Å². The lowest BCUT2D eigenvalue weighted by Gasteiger charge is -2.29. The zero-order valence-electron chi connectivity index (χ0n) is 18.7. The molecule has 31 heavy (non-hydrogen) atoms. The minimum Gasteiger partial charge on any atom is -0.455 e. The van der Waals surface area contributed by atoms with Crippen molar-refractivity contribution in [3.05, 3.63) is 94.8 Å². The van der Waals surface area contributed by atoms with Gasteiger partial charge in [0.1, 0.15) is 5.60 Å². The molecule has 1 fully saturated rings. The number of nitrogens with one attached hydrogen (secondary N) is 1. The summed E-state index contributed by atoms with van der Waals surface area (Å²) in [6.07, 6.45) is 3.52. The van der Waals surface area contributed by atoms with E-state index in [4.69, 9.17) is 4.74 Å². The van der Waals surface area contributed by atoms with Crippen LogP contribution in [0, 0.1) is 0 Å². The summed E-state index contributed by atoms with van der Waals surface area (Å²) < 4.78 is 6.06. The van der Waals surface area contributed by atoms with E-state index in [0.29, 0.717) is 12.3 Å². The summed E-state index contributed by atoms with van der Waals surface area (Å²) in [7, 11) is 0. The van der Waals surface area contributed by atoms with Crippen LogP contribution in [0.15, 0.2) is 83.7 Å². The molecule has 1 atom stereocenters. The number of carbonyl (C=O) groups is 1. The van der Waals surface area contributed by atoms with E-state index in [1.54, 1.807) is 0 Å². The summed E-state index contributed by atoms with van der Waals surface area (Å²) >= 11 is 0. The Labute approximate surface area is 185 Å². The second-order valence-electron chi connectivity index (χ2n) is 9.02. The lowest BCUT2D eigenvalue weighted by atomic mass is 9.91. The van der Waals surface area contributed by atoms with Crippen LogP contribution in [0.1, 0.15) is 50.7 Å². The second kappa shape index (κ2) is 9.11. The van der Waals surface area contributed by atoms with Crippen molar-refractivity contribution in [3.8, 4) is 0 Å². The highest BCUT2D eigenvalue weighted by Gasteiger charge is 2.39. The van der Waals surface area contributed by atoms with E-state index in [-0.39, 0.29) is 5.97 Å². The van der Waals surface area contributed by atoms with Gasteiger partial charge < -0.3 is 10.1 Å². The summed E-state index contributed by atoms with van der Waals surface area (Å²) in [6, 6.07) is 21.3. The lowest BCUT2D eigenvalue weighted by molar-refractivity contribution is -0.152. The van der Waals surface area contributed by atoms with Gasteiger partial charge in [-0.25, -0.2) is 4.79 Å². The van der Waals surface area contributed by atoms with Crippen LogP contribution in [-0.4, -0.2) is 36.1 Å². The minimum absolute atomic E-state index is 0.194. The van der Waals surface area contributed by atoms with Gasteiger partial charge in [-0.2, -0.15) is 0 Å². The first-order chi connectivity index (χ1) is 14.9. The van der Waals surface area contributed by atoms with Crippen molar-refractivity contribution in [2.75, 3.05) is 19.6 Å². The van der Waals surface area contributed by atoms with Crippen LogP contribution in [0.3, 0.4) is 0 Å². The average Bonchev–Trinajstić information content (AvgIpc) is 3.13. The van der Waals surface area contributed by atoms with Gasteiger partial charge in [-0.3, -0.25) is 4.90 Å². The van der Waals surface area contributed by atoms with Gasteiger partial charge in [-0.05, 0) is 31.9 Å². The molecule has 162 valence electrons. The topological polar surface area (TPSA) is 41.6 Å². The van der Waals surface area contributed by atoms with Crippen molar-refractivity contribution in [2.45, 2.75) is 45.1 Å². The lowest BCUT2D eigenvalue weighted by Crippen LogP contribution is -2.37. The van der Waals surface area contributed by atoms with Crippen LogP contribution in [0.4, 0.5) is 0 Å². The Morgan fingerprint density at radius 2 is 1.68 bits per heavy atom.